The Morgan fingerprint density at radius 1 is 1.45 bits per heavy atom. The van der Waals surface area contributed by atoms with Crippen LogP contribution >= 0.6 is 11.3 Å². The first kappa shape index (κ1) is 13.6. The van der Waals surface area contributed by atoms with Crippen molar-refractivity contribution in [3.8, 4) is 0 Å². The van der Waals surface area contributed by atoms with Gasteiger partial charge in [-0.2, -0.15) is 0 Å². The minimum absolute atomic E-state index is 0.000509. The highest BCUT2D eigenvalue weighted by Gasteiger charge is 2.41. The third-order valence-corrected chi connectivity index (χ3v) is 5.02. The monoisotopic (exact) mass is 293 g/mol. The molecule has 2 amide bonds. The van der Waals surface area contributed by atoms with Crippen molar-refractivity contribution in [1.82, 2.24) is 10.2 Å². The molecular weight excluding hydrogens is 274 g/mol. The number of carbonyl (C=O) groups is 2. The average molecular weight is 293 g/mol. The van der Waals surface area contributed by atoms with Crippen LogP contribution in [-0.2, 0) is 16.0 Å². The van der Waals surface area contributed by atoms with Gasteiger partial charge >= 0.3 is 0 Å². The van der Waals surface area contributed by atoms with Crippen molar-refractivity contribution in [2.75, 3.05) is 19.6 Å². The van der Waals surface area contributed by atoms with Gasteiger partial charge in [-0.15, -0.1) is 11.3 Å². The van der Waals surface area contributed by atoms with Gasteiger partial charge < -0.3 is 16.0 Å². The van der Waals surface area contributed by atoms with Crippen molar-refractivity contribution in [2.24, 2.45) is 11.7 Å². The number of amides is 2. The lowest BCUT2D eigenvalue weighted by molar-refractivity contribution is -0.135. The third-order valence-electron chi connectivity index (χ3n) is 4.03. The van der Waals surface area contributed by atoms with Gasteiger partial charge in [-0.25, -0.2) is 0 Å². The Kier molecular flexibility index (Phi) is 3.76. The summed E-state index contributed by atoms with van der Waals surface area (Å²) in [6.45, 7) is 0.735. The highest BCUT2D eigenvalue weighted by molar-refractivity contribution is 7.10. The molecule has 5 nitrogen and oxygen atoms in total. The molecule has 0 bridgehead atoms. The molecule has 20 heavy (non-hydrogen) atoms. The Morgan fingerprint density at radius 2 is 2.25 bits per heavy atom. The molecule has 0 saturated heterocycles. The molecule has 108 valence electrons. The molecule has 2 aliphatic rings. The molecule has 3 rings (SSSR count). The average Bonchev–Trinajstić information content (AvgIpc) is 3.19. The van der Waals surface area contributed by atoms with Crippen molar-refractivity contribution < 1.29 is 9.59 Å². The van der Waals surface area contributed by atoms with E-state index in [2.05, 4.69) is 16.8 Å². The van der Waals surface area contributed by atoms with E-state index in [9.17, 15) is 9.59 Å². The van der Waals surface area contributed by atoms with Crippen LogP contribution in [-0.4, -0.2) is 36.3 Å². The van der Waals surface area contributed by atoms with E-state index in [-0.39, 0.29) is 30.9 Å². The largest absolute Gasteiger partial charge is 0.346 e. The third kappa shape index (κ3) is 2.58. The molecule has 2 heterocycles. The lowest BCUT2D eigenvalue weighted by atomic mass is 9.96. The molecule has 1 atom stereocenters. The quantitative estimate of drug-likeness (QED) is 0.856. The number of hydrogen-bond acceptors (Lipinski definition) is 4. The van der Waals surface area contributed by atoms with Crippen LogP contribution in [0.3, 0.4) is 0 Å². The topological polar surface area (TPSA) is 75.4 Å². The molecule has 1 unspecified atom stereocenters. The standard InChI is InChI=1S/C14H19N3O2S/c15-7-12(18)16-8-13(19)17-5-3-11-10(4-6-20-11)14(17)9-1-2-9/h4,6,9,14H,1-3,5,7-8,15H2,(H,16,18). The molecule has 1 aromatic heterocycles. The van der Waals surface area contributed by atoms with E-state index in [1.807, 2.05) is 4.90 Å². The minimum Gasteiger partial charge on any atom is -0.346 e. The number of carbonyl (C=O) groups excluding carboxylic acids is 2. The van der Waals surface area contributed by atoms with E-state index in [0.717, 1.165) is 13.0 Å². The van der Waals surface area contributed by atoms with Crippen LogP contribution in [0.5, 0.6) is 0 Å². The second-order valence-electron chi connectivity index (χ2n) is 5.40. The molecule has 1 saturated carbocycles. The summed E-state index contributed by atoms with van der Waals surface area (Å²) in [5.41, 5.74) is 6.56. The van der Waals surface area contributed by atoms with Gasteiger partial charge in [0.15, 0.2) is 0 Å². The molecule has 6 heteroatoms. The van der Waals surface area contributed by atoms with Gasteiger partial charge in [0.05, 0.1) is 19.1 Å². The van der Waals surface area contributed by atoms with Crippen LogP contribution < -0.4 is 11.1 Å². The molecule has 1 aromatic rings. The molecule has 1 aliphatic carbocycles. The summed E-state index contributed by atoms with van der Waals surface area (Å²) >= 11 is 1.79. The number of rotatable bonds is 4. The summed E-state index contributed by atoms with van der Waals surface area (Å²) < 4.78 is 0. The Bertz CT molecular complexity index is 524. The van der Waals surface area contributed by atoms with Crippen LogP contribution in [0, 0.1) is 5.92 Å². The Balaban J connectivity index is 1.72. The second-order valence-corrected chi connectivity index (χ2v) is 6.40. The fourth-order valence-corrected chi connectivity index (χ4v) is 3.81. The highest BCUT2D eigenvalue weighted by Crippen LogP contribution is 2.48. The van der Waals surface area contributed by atoms with Crippen molar-refractivity contribution in [3.05, 3.63) is 21.9 Å². The van der Waals surface area contributed by atoms with E-state index in [1.165, 1.54) is 23.3 Å². The molecule has 1 aliphatic heterocycles. The van der Waals surface area contributed by atoms with Gasteiger partial charge in [0, 0.05) is 11.4 Å². The van der Waals surface area contributed by atoms with Crippen LogP contribution in [0.1, 0.15) is 29.3 Å². The zero-order valence-corrected chi connectivity index (χ0v) is 12.1. The second kappa shape index (κ2) is 5.54. The molecule has 1 fully saturated rings. The predicted molar refractivity (Wildman–Crippen MR) is 77.3 cm³/mol. The fraction of sp³-hybridized carbons (Fsp3) is 0.571. The number of hydrogen-bond donors (Lipinski definition) is 2. The van der Waals surface area contributed by atoms with Gasteiger partial charge in [0.1, 0.15) is 0 Å². The molecular formula is C14H19N3O2S. The Labute approximate surface area is 122 Å². The number of nitrogens with zero attached hydrogens (tertiary/aromatic N) is 1. The van der Waals surface area contributed by atoms with Crippen molar-refractivity contribution in [1.29, 1.82) is 0 Å². The molecule has 0 radical (unpaired) electrons. The van der Waals surface area contributed by atoms with Crippen LogP contribution in [0.15, 0.2) is 11.4 Å². The van der Waals surface area contributed by atoms with Crippen molar-refractivity contribution in [3.63, 3.8) is 0 Å². The van der Waals surface area contributed by atoms with E-state index in [4.69, 9.17) is 5.73 Å². The Morgan fingerprint density at radius 3 is 2.95 bits per heavy atom. The van der Waals surface area contributed by atoms with Crippen LogP contribution in [0.4, 0.5) is 0 Å². The zero-order chi connectivity index (χ0) is 14.1. The number of thiophene rings is 1. The van der Waals surface area contributed by atoms with Gasteiger partial charge in [-0.1, -0.05) is 0 Å². The van der Waals surface area contributed by atoms with Crippen LogP contribution in [0.2, 0.25) is 0 Å². The lowest BCUT2D eigenvalue weighted by Gasteiger charge is -2.36. The highest BCUT2D eigenvalue weighted by atomic mass is 32.1. The maximum absolute atomic E-state index is 12.4. The van der Waals surface area contributed by atoms with Gasteiger partial charge in [0.2, 0.25) is 11.8 Å². The lowest BCUT2D eigenvalue weighted by Crippen LogP contribution is -2.46. The summed E-state index contributed by atoms with van der Waals surface area (Å²) in [4.78, 5) is 26.9. The van der Waals surface area contributed by atoms with Crippen molar-refractivity contribution >= 4 is 23.2 Å². The Hall–Kier alpha value is -1.40. The summed E-state index contributed by atoms with van der Waals surface area (Å²) in [5.74, 6) is 0.313. The van der Waals surface area contributed by atoms with Crippen LogP contribution in [0.25, 0.3) is 0 Å². The number of fused-ring (bicyclic) bond motifs is 1. The molecule has 0 aromatic carbocycles. The molecule has 0 spiro atoms. The van der Waals surface area contributed by atoms with E-state index >= 15 is 0 Å². The maximum atomic E-state index is 12.4. The predicted octanol–water partition coefficient (Wildman–Crippen LogP) is 0.659. The van der Waals surface area contributed by atoms with E-state index in [0.29, 0.717) is 5.92 Å². The van der Waals surface area contributed by atoms with Gasteiger partial charge in [-0.05, 0) is 42.2 Å². The summed E-state index contributed by atoms with van der Waals surface area (Å²) in [7, 11) is 0. The maximum Gasteiger partial charge on any atom is 0.242 e. The smallest absolute Gasteiger partial charge is 0.242 e. The fourth-order valence-electron chi connectivity index (χ4n) is 2.89. The first-order valence-electron chi connectivity index (χ1n) is 7.03. The summed E-state index contributed by atoms with van der Waals surface area (Å²) in [6.07, 6.45) is 3.31. The minimum atomic E-state index is -0.283. The number of nitrogens with two attached hydrogens (primary N) is 1. The summed E-state index contributed by atoms with van der Waals surface area (Å²) in [5, 5.41) is 4.69. The summed E-state index contributed by atoms with van der Waals surface area (Å²) in [6, 6.07) is 2.37. The van der Waals surface area contributed by atoms with Gasteiger partial charge in [0.25, 0.3) is 0 Å². The SMILES string of the molecule is NCC(=O)NCC(=O)N1CCc2sccc2C1C1CC1. The number of nitrogens with one attached hydrogen (secondary N) is 1. The zero-order valence-electron chi connectivity index (χ0n) is 11.3. The molecule has 3 N–H and O–H groups in total. The first-order valence-corrected chi connectivity index (χ1v) is 7.91. The van der Waals surface area contributed by atoms with Crippen molar-refractivity contribution in [2.45, 2.75) is 25.3 Å². The van der Waals surface area contributed by atoms with Gasteiger partial charge in [-0.3, -0.25) is 9.59 Å². The normalized spacial score (nSPS) is 21.4. The van der Waals surface area contributed by atoms with E-state index < -0.39 is 0 Å². The first-order chi connectivity index (χ1) is 9.70. The van der Waals surface area contributed by atoms with E-state index in [1.54, 1.807) is 11.3 Å².